The van der Waals surface area contributed by atoms with E-state index in [1.165, 1.54) is 13.8 Å². The van der Waals surface area contributed by atoms with Crippen molar-refractivity contribution < 1.29 is 28.2 Å². The van der Waals surface area contributed by atoms with Crippen LogP contribution >= 0.6 is 0 Å². The Hall–Kier alpha value is -1.17. The van der Waals surface area contributed by atoms with Gasteiger partial charge < -0.3 is 14.2 Å². The van der Waals surface area contributed by atoms with E-state index in [0.29, 0.717) is 6.42 Å². The van der Waals surface area contributed by atoms with Gasteiger partial charge in [0.05, 0.1) is 12.0 Å². The third kappa shape index (κ3) is 2.01. The number of fused-ring (bicyclic) bond motifs is 1. The van der Waals surface area contributed by atoms with E-state index in [9.17, 15) is 14.0 Å². The van der Waals surface area contributed by atoms with Crippen LogP contribution in [-0.4, -0.2) is 43.5 Å². The van der Waals surface area contributed by atoms with Gasteiger partial charge in [-0.3, -0.25) is 9.59 Å². The average molecular weight is 246 g/mol. The zero-order valence-electron chi connectivity index (χ0n) is 9.82. The summed E-state index contributed by atoms with van der Waals surface area (Å²) in [6.07, 6.45) is -0.241. The molecular weight excluding hydrogens is 231 g/mol. The van der Waals surface area contributed by atoms with Gasteiger partial charge in [0.25, 0.3) is 0 Å². The predicted octanol–water partition coefficient (Wildman–Crippen LogP) is 0.610. The largest absolute Gasteiger partial charge is 0.465 e. The summed E-state index contributed by atoms with van der Waals surface area (Å²) in [6, 6.07) is 0. The van der Waals surface area contributed by atoms with Crippen molar-refractivity contribution in [2.24, 2.45) is 5.41 Å². The van der Waals surface area contributed by atoms with Crippen molar-refractivity contribution in [3.63, 3.8) is 0 Å². The molecule has 0 radical (unpaired) electrons. The number of alkyl halides is 1. The van der Waals surface area contributed by atoms with Crippen LogP contribution in [0, 0.1) is 5.41 Å². The first-order chi connectivity index (χ1) is 7.90. The molecule has 17 heavy (non-hydrogen) atoms. The second kappa shape index (κ2) is 3.94. The number of rotatable bonds is 4. The standard InChI is InChI=1S/C11H15FO5/c1-7(13)15-3-9-10(5-16-8(2)14)4-11(10,12)6-17-9/h9H,3-6H2,1-2H3/t9-,10?,11+/m1/s1. The normalized spacial score (nSPS) is 38.4. The van der Waals surface area contributed by atoms with Crippen LogP contribution in [0.4, 0.5) is 4.39 Å². The highest BCUT2D eigenvalue weighted by molar-refractivity contribution is 5.66. The molecule has 96 valence electrons. The van der Waals surface area contributed by atoms with E-state index >= 15 is 0 Å². The van der Waals surface area contributed by atoms with Crippen molar-refractivity contribution in [2.75, 3.05) is 19.8 Å². The first-order valence-corrected chi connectivity index (χ1v) is 5.47. The fourth-order valence-electron chi connectivity index (χ4n) is 2.35. The molecule has 5 nitrogen and oxygen atoms in total. The molecule has 1 aliphatic carbocycles. The summed E-state index contributed by atoms with van der Waals surface area (Å²) in [4.78, 5) is 21.5. The molecule has 0 aromatic rings. The van der Waals surface area contributed by atoms with Crippen LogP contribution in [0.2, 0.25) is 0 Å². The topological polar surface area (TPSA) is 61.8 Å². The molecule has 1 saturated heterocycles. The SMILES string of the molecule is CC(=O)OC[C@H]1OC[C@@]2(F)CC12COC(C)=O. The summed E-state index contributed by atoms with van der Waals surface area (Å²) >= 11 is 0. The van der Waals surface area contributed by atoms with Crippen molar-refractivity contribution in [2.45, 2.75) is 32.0 Å². The van der Waals surface area contributed by atoms with E-state index in [-0.39, 0.29) is 19.8 Å². The number of esters is 2. The van der Waals surface area contributed by atoms with Gasteiger partial charge in [-0.1, -0.05) is 0 Å². The van der Waals surface area contributed by atoms with Crippen molar-refractivity contribution in [1.29, 1.82) is 0 Å². The number of hydrogen-bond acceptors (Lipinski definition) is 5. The molecule has 1 saturated carbocycles. The third-order valence-corrected chi connectivity index (χ3v) is 3.46. The molecule has 3 atom stereocenters. The fraction of sp³-hybridized carbons (Fsp3) is 0.818. The summed E-state index contributed by atoms with van der Waals surface area (Å²) in [5.41, 5.74) is -2.26. The number of halogens is 1. The Balaban J connectivity index is 1.97. The zero-order chi connectivity index (χ0) is 12.7. The number of hydrogen-bond donors (Lipinski definition) is 0. The molecule has 0 bridgehead atoms. The lowest BCUT2D eigenvalue weighted by Gasteiger charge is -2.21. The van der Waals surface area contributed by atoms with Gasteiger partial charge in [0.1, 0.15) is 25.0 Å². The van der Waals surface area contributed by atoms with E-state index in [1.54, 1.807) is 0 Å². The molecule has 0 N–H and O–H groups in total. The molecule has 0 aromatic carbocycles. The molecule has 0 amide bonds. The molecule has 2 aliphatic rings. The maximum absolute atomic E-state index is 14.1. The van der Waals surface area contributed by atoms with Gasteiger partial charge in [-0.25, -0.2) is 4.39 Å². The zero-order valence-corrected chi connectivity index (χ0v) is 9.82. The third-order valence-electron chi connectivity index (χ3n) is 3.46. The number of ether oxygens (including phenoxy) is 3. The Bertz CT molecular complexity index is 358. The van der Waals surface area contributed by atoms with Crippen LogP contribution in [0.15, 0.2) is 0 Å². The van der Waals surface area contributed by atoms with Crippen LogP contribution in [-0.2, 0) is 23.8 Å². The maximum Gasteiger partial charge on any atom is 0.302 e. The molecular formula is C11H15FO5. The Morgan fingerprint density at radius 1 is 1.35 bits per heavy atom. The van der Waals surface area contributed by atoms with Crippen LogP contribution < -0.4 is 0 Å². The monoisotopic (exact) mass is 246 g/mol. The lowest BCUT2D eigenvalue weighted by atomic mass is 9.99. The molecule has 1 heterocycles. The Kier molecular flexibility index (Phi) is 2.85. The lowest BCUT2D eigenvalue weighted by Crippen LogP contribution is -2.33. The number of carbonyl (C=O) groups excluding carboxylic acids is 2. The lowest BCUT2D eigenvalue weighted by molar-refractivity contribution is -0.150. The molecule has 1 unspecified atom stereocenters. The van der Waals surface area contributed by atoms with Gasteiger partial charge in [0.2, 0.25) is 0 Å². The van der Waals surface area contributed by atoms with E-state index in [1.807, 2.05) is 0 Å². The maximum atomic E-state index is 14.1. The van der Waals surface area contributed by atoms with E-state index in [2.05, 4.69) is 0 Å². The van der Waals surface area contributed by atoms with E-state index < -0.39 is 29.1 Å². The summed E-state index contributed by atoms with van der Waals surface area (Å²) in [5.74, 6) is -0.889. The minimum Gasteiger partial charge on any atom is -0.465 e. The van der Waals surface area contributed by atoms with E-state index in [0.717, 1.165) is 0 Å². The van der Waals surface area contributed by atoms with Crippen molar-refractivity contribution in [3.05, 3.63) is 0 Å². The summed E-state index contributed by atoms with van der Waals surface area (Å²) in [7, 11) is 0. The molecule has 2 rings (SSSR count). The molecule has 1 aliphatic heterocycles. The smallest absolute Gasteiger partial charge is 0.302 e. The summed E-state index contributed by atoms with van der Waals surface area (Å²) < 4.78 is 29.1. The Morgan fingerprint density at radius 3 is 2.53 bits per heavy atom. The Morgan fingerprint density at radius 2 is 2.00 bits per heavy atom. The highest BCUT2D eigenvalue weighted by atomic mass is 19.1. The second-order valence-corrected chi connectivity index (χ2v) is 4.68. The van der Waals surface area contributed by atoms with E-state index in [4.69, 9.17) is 14.2 Å². The highest BCUT2D eigenvalue weighted by Crippen LogP contribution is 2.66. The van der Waals surface area contributed by atoms with Crippen LogP contribution in [0.3, 0.4) is 0 Å². The van der Waals surface area contributed by atoms with Crippen molar-refractivity contribution in [3.8, 4) is 0 Å². The molecule has 2 fully saturated rings. The average Bonchev–Trinajstić information content (AvgIpc) is 2.73. The van der Waals surface area contributed by atoms with Crippen LogP contribution in [0.1, 0.15) is 20.3 Å². The quantitative estimate of drug-likeness (QED) is 0.680. The molecule has 0 spiro atoms. The molecule has 6 heteroatoms. The Labute approximate surface area is 98.2 Å². The summed E-state index contributed by atoms with van der Waals surface area (Å²) in [5, 5.41) is 0. The van der Waals surface area contributed by atoms with Crippen LogP contribution in [0.25, 0.3) is 0 Å². The molecule has 0 aromatic heterocycles. The minimum absolute atomic E-state index is 0.00225. The highest BCUT2D eigenvalue weighted by Gasteiger charge is 2.78. The first-order valence-electron chi connectivity index (χ1n) is 5.47. The minimum atomic E-state index is -1.44. The fourth-order valence-corrected chi connectivity index (χ4v) is 2.35. The first kappa shape index (κ1) is 12.3. The predicted molar refractivity (Wildman–Crippen MR) is 53.9 cm³/mol. The van der Waals surface area contributed by atoms with Gasteiger partial charge in [-0.2, -0.15) is 0 Å². The van der Waals surface area contributed by atoms with Crippen molar-refractivity contribution >= 4 is 11.9 Å². The second-order valence-electron chi connectivity index (χ2n) is 4.68. The van der Waals surface area contributed by atoms with Crippen LogP contribution in [0.5, 0.6) is 0 Å². The van der Waals surface area contributed by atoms with Gasteiger partial charge in [0, 0.05) is 13.8 Å². The van der Waals surface area contributed by atoms with Gasteiger partial charge in [0.15, 0.2) is 0 Å². The van der Waals surface area contributed by atoms with Gasteiger partial charge >= 0.3 is 11.9 Å². The van der Waals surface area contributed by atoms with Gasteiger partial charge in [-0.15, -0.1) is 0 Å². The number of carbonyl (C=O) groups is 2. The van der Waals surface area contributed by atoms with Crippen molar-refractivity contribution in [1.82, 2.24) is 0 Å². The van der Waals surface area contributed by atoms with Gasteiger partial charge in [-0.05, 0) is 6.42 Å². The summed E-state index contributed by atoms with van der Waals surface area (Å²) in [6.45, 7) is 2.51.